The maximum atomic E-state index is 12.3. The quantitative estimate of drug-likeness (QED) is 0.579. The molecule has 1 aromatic heterocycles. The second-order valence-corrected chi connectivity index (χ2v) is 8.69. The number of amides is 2. The van der Waals surface area contributed by atoms with Gasteiger partial charge in [0, 0.05) is 25.3 Å². The van der Waals surface area contributed by atoms with Crippen LogP contribution in [0.15, 0.2) is 41.4 Å². The van der Waals surface area contributed by atoms with Crippen LogP contribution in [0.4, 0.5) is 11.5 Å². The number of piperidine rings is 1. The molecule has 1 saturated heterocycles. The van der Waals surface area contributed by atoms with Gasteiger partial charge in [0.15, 0.2) is 5.82 Å². The lowest BCUT2D eigenvalue weighted by Crippen LogP contribution is -2.43. The van der Waals surface area contributed by atoms with Crippen LogP contribution in [0.2, 0.25) is 0 Å². The Hall–Kier alpha value is -2.61. The number of benzene rings is 1. The Labute approximate surface area is 188 Å². The van der Waals surface area contributed by atoms with Crippen molar-refractivity contribution < 1.29 is 9.59 Å². The van der Waals surface area contributed by atoms with Crippen LogP contribution in [-0.4, -0.2) is 47.4 Å². The Morgan fingerprint density at radius 2 is 2.06 bits per heavy atom. The second kappa shape index (κ2) is 11.7. The molecule has 1 aliphatic heterocycles. The minimum absolute atomic E-state index is 0.00828. The molecule has 0 unspecified atom stereocenters. The van der Waals surface area contributed by atoms with Gasteiger partial charge in [-0.25, -0.2) is 0 Å². The fourth-order valence-electron chi connectivity index (χ4n) is 3.56. The minimum Gasteiger partial charge on any atom is -0.356 e. The van der Waals surface area contributed by atoms with E-state index in [1.807, 2.05) is 36.4 Å². The monoisotopic (exact) mass is 441 g/mol. The van der Waals surface area contributed by atoms with Crippen LogP contribution < -0.4 is 15.5 Å². The van der Waals surface area contributed by atoms with Crippen molar-refractivity contribution in [2.24, 2.45) is 5.92 Å². The van der Waals surface area contributed by atoms with Crippen molar-refractivity contribution in [3.05, 3.63) is 42.0 Å². The number of hydrogen-bond donors (Lipinski definition) is 2. The van der Waals surface area contributed by atoms with Crippen LogP contribution in [0.1, 0.15) is 38.7 Å². The minimum atomic E-state index is -0.0684. The number of thioether (sulfide) groups is 1. The highest BCUT2D eigenvalue weighted by atomic mass is 32.2. The average molecular weight is 442 g/mol. The number of rotatable bonds is 9. The van der Waals surface area contributed by atoms with Crippen molar-refractivity contribution in [2.75, 3.05) is 35.6 Å². The van der Waals surface area contributed by atoms with Gasteiger partial charge >= 0.3 is 0 Å². The summed E-state index contributed by atoms with van der Waals surface area (Å²) in [4.78, 5) is 26.7. The molecule has 1 aliphatic rings. The first-order valence-electron chi connectivity index (χ1n) is 11.0. The summed E-state index contributed by atoms with van der Waals surface area (Å²) < 4.78 is 0. The lowest BCUT2D eigenvalue weighted by atomic mass is 9.97. The van der Waals surface area contributed by atoms with E-state index in [-0.39, 0.29) is 23.5 Å². The van der Waals surface area contributed by atoms with Crippen molar-refractivity contribution in [1.82, 2.24) is 15.5 Å². The van der Waals surface area contributed by atoms with Crippen LogP contribution in [-0.2, 0) is 16.0 Å². The number of anilines is 2. The van der Waals surface area contributed by atoms with Crippen molar-refractivity contribution in [3.63, 3.8) is 0 Å². The SMILES string of the molecule is CCCNC(=O)[C@H]1CCCN(c2ccc(SCC(=O)Nc3cccc(CC)c3)nn2)C1. The van der Waals surface area contributed by atoms with Gasteiger partial charge in [0.05, 0.1) is 11.7 Å². The Morgan fingerprint density at radius 1 is 1.19 bits per heavy atom. The summed E-state index contributed by atoms with van der Waals surface area (Å²) in [7, 11) is 0. The number of carbonyl (C=O) groups is 2. The first kappa shape index (κ1) is 23.1. The van der Waals surface area contributed by atoms with E-state index < -0.39 is 0 Å². The number of aryl methyl sites for hydroxylation is 1. The van der Waals surface area contributed by atoms with Gasteiger partial charge in [-0.05, 0) is 55.5 Å². The summed E-state index contributed by atoms with van der Waals surface area (Å²) in [5.41, 5.74) is 2.00. The second-order valence-electron chi connectivity index (χ2n) is 7.70. The Bertz CT molecular complexity index is 875. The molecule has 0 radical (unpaired) electrons. The molecule has 0 spiro atoms. The molecule has 166 valence electrons. The van der Waals surface area contributed by atoms with Crippen molar-refractivity contribution in [3.8, 4) is 0 Å². The first-order valence-corrected chi connectivity index (χ1v) is 12.0. The highest BCUT2D eigenvalue weighted by molar-refractivity contribution is 7.99. The zero-order valence-electron chi connectivity index (χ0n) is 18.3. The molecule has 0 bridgehead atoms. The van der Waals surface area contributed by atoms with Crippen LogP contribution in [0.5, 0.6) is 0 Å². The lowest BCUT2D eigenvalue weighted by molar-refractivity contribution is -0.125. The van der Waals surface area contributed by atoms with Crippen LogP contribution in [0.3, 0.4) is 0 Å². The molecule has 1 fully saturated rings. The lowest BCUT2D eigenvalue weighted by Gasteiger charge is -2.32. The van der Waals surface area contributed by atoms with E-state index in [4.69, 9.17) is 0 Å². The smallest absolute Gasteiger partial charge is 0.234 e. The Kier molecular flexibility index (Phi) is 8.70. The molecule has 2 aromatic rings. The van der Waals surface area contributed by atoms with E-state index in [2.05, 4.69) is 39.6 Å². The Morgan fingerprint density at radius 3 is 2.81 bits per heavy atom. The third kappa shape index (κ3) is 6.95. The summed E-state index contributed by atoms with van der Waals surface area (Å²) in [5, 5.41) is 15.2. The van der Waals surface area contributed by atoms with Gasteiger partial charge in [-0.15, -0.1) is 10.2 Å². The predicted molar refractivity (Wildman–Crippen MR) is 125 cm³/mol. The van der Waals surface area contributed by atoms with Crippen LogP contribution >= 0.6 is 11.8 Å². The molecular weight excluding hydrogens is 410 g/mol. The van der Waals surface area contributed by atoms with Crippen LogP contribution in [0, 0.1) is 5.92 Å². The van der Waals surface area contributed by atoms with E-state index in [0.717, 1.165) is 50.3 Å². The zero-order valence-corrected chi connectivity index (χ0v) is 19.1. The summed E-state index contributed by atoms with van der Waals surface area (Å²) in [5.74, 6) is 1.10. The van der Waals surface area contributed by atoms with Crippen molar-refractivity contribution in [2.45, 2.75) is 44.6 Å². The topological polar surface area (TPSA) is 87.2 Å². The molecule has 2 amide bonds. The number of hydrogen-bond acceptors (Lipinski definition) is 6. The molecule has 31 heavy (non-hydrogen) atoms. The average Bonchev–Trinajstić information content (AvgIpc) is 2.81. The summed E-state index contributed by atoms with van der Waals surface area (Å²) in [6.07, 6.45) is 3.74. The highest BCUT2D eigenvalue weighted by Gasteiger charge is 2.26. The molecule has 2 heterocycles. The van der Waals surface area contributed by atoms with Crippen molar-refractivity contribution >= 4 is 35.1 Å². The standard InChI is InChI=1S/C23H31N5O2S/c1-3-12-24-23(30)18-8-6-13-28(15-18)20-10-11-22(27-26-20)31-16-21(29)25-19-9-5-7-17(4-2)14-19/h5,7,9-11,14,18H,3-4,6,8,12-13,15-16H2,1-2H3,(H,24,30)(H,25,29)/t18-/m0/s1. The molecular formula is C23H31N5O2S. The Balaban J connectivity index is 1.49. The fraction of sp³-hybridized carbons (Fsp3) is 0.478. The van der Waals surface area contributed by atoms with Gasteiger partial charge in [0.25, 0.3) is 0 Å². The molecule has 2 N–H and O–H groups in total. The zero-order chi connectivity index (χ0) is 22.1. The number of carbonyl (C=O) groups excluding carboxylic acids is 2. The summed E-state index contributed by atoms with van der Waals surface area (Å²) in [6, 6.07) is 11.7. The van der Waals surface area contributed by atoms with Crippen molar-refractivity contribution in [1.29, 1.82) is 0 Å². The molecule has 0 saturated carbocycles. The fourth-order valence-corrected chi connectivity index (χ4v) is 4.17. The van der Waals surface area contributed by atoms with Gasteiger partial charge in [-0.1, -0.05) is 37.7 Å². The maximum Gasteiger partial charge on any atom is 0.234 e. The van der Waals surface area contributed by atoms with E-state index >= 15 is 0 Å². The molecule has 7 nitrogen and oxygen atoms in total. The van der Waals surface area contributed by atoms with Gasteiger partial charge in [0.1, 0.15) is 5.03 Å². The maximum absolute atomic E-state index is 12.3. The van der Waals surface area contributed by atoms with Crippen LogP contribution in [0.25, 0.3) is 0 Å². The number of nitrogens with zero attached hydrogens (tertiary/aromatic N) is 3. The van der Waals surface area contributed by atoms with Gasteiger partial charge in [-0.2, -0.15) is 0 Å². The first-order chi connectivity index (χ1) is 15.1. The molecule has 0 aliphatic carbocycles. The van der Waals surface area contributed by atoms with Gasteiger partial charge in [0.2, 0.25) is 11.8 Å². The summed E-state index contributed by atoms with van der Waals surface area (Å²) in [6.45, 7) is 6.40. The van der Waals surface area contributed by atoms with E-state index in [1.165, 1.54) is 17.3 Å². The number of nitrogens with one attached hydrogen (secondary N) is 2. The third-order valence-corrected chi connectivity index (χ3v) is 6.18. The largest absolute Gasteiger partial charge is 0.356 e. The van der Waals surface area contributed by atoms with Gasteiger partial charge < -0.3 is 15.5 Å². The highest BCUT2D eigenvalue weighted by Crippen LogP contribution is 2.23. The third-order valence-electron chi connectivity index (χ3n) is 5.26. The predicted octanol–water partition coefficient (Wildman–Crippen LogP) is 3.51. The molecule has 8 heteroatoms. The molecule has 1 aromatic carbocycles. The normalized spacial score (nSPS) is 16.1. The van der Waals surface area contributed by atoms with Gasteiger partial charge in [-0.3, -0.25) is 9.59 Å². The van der Waals surface area contributed by atoms with E-state index in [0.29, 0.717) is 11.6 Å². The number of aromatic nitrogens is 2. The van der Waals surface area contributed by atoms with E-state index in [1.54, 1.807) is 0 Å². The molecule has 1 atom stereocenters. The molecule has 3 rings (SSSR count). The van der Waals surface area contributed by atoms with E-state index in [9.17, 15) is 9.59 Å². The summed E-state index contributed by atoms with van der Waals surface area (Å²) >= 11 is 1.36.